The number of carbonyl (C=O) groups is 6. The predicted molar refractivity (Wildman–Crippen MR) is 282 cm³/mol. The van der Waals surface area contributed by atoms with Crippen LogP contribution in [0.15, 0.2) is 133 Å². The van der Waals surface area contributed by atoms with Crippen molar-refractivity contribution in [3.05, 3.63) is 164 Å². The summed E-state index contributed by atoms with van der Waals surface area (Å²) in [6.45, 7) is 4.93. The molecule has 2 atom stereocenters. The average Bonchev–Trinajstić information content (AvgIpc) is 4.08. The summed E-state index contributed by atoms with van der Waals surface area (Å²) in [6.07, 6.45) is 2.39. The number of carbonyl (C=O) groups excluding carboxylic acids is 4. The number of anilines is 4. The van der Waals surface area contributed by atoms with Crippen molar-refractivity contribution in [1.29, 1.82) is 0 Å². The van der Waals surface area contributed by atoms with Gasteiger partial charge in [-0.15, -0.1) is 22.7 Å². The SMILES string of the molecule is Cc1ccc(CN(C(=O)N2CCN(C(=O)N(c3ccccc3)c3ccc(Cc4cc(CN(C)C(=O)N5CCN(C(=O)N(c6ccccc6)c6ccccc6)[C@H](C(=O)O)C5)sc4C)cc3)[C@H](C(=O)O)C2)C2CC2)s1. The van der Waals surface area contributed by atoms with Gasteiger partial charge in [-0.1, -0.05) is 66.7 Å². The van der Waals surface area contributed by atoms with Crippen molar-refractivity contribution in [3.63, 3.8) is 0 Å². The number of carboxylic acid groups (broad SMARTS) is 2. The maximum absolute atomic E-state index is 14.7. The number of hydrogen-bond donors (Lipinski definition) is 2. The molecule has 0 radical (unpaired) electrons. The summed E-state index contributed by atoms with van der Waals surface area (Å²) in [4.78, 5) is 98.8. The van der Waals surface area contributed by atoms with Crippen molar-refractivity contribution in [2.75, 3.05) is 56.1 Å². The van der Waals surface area contributed by atoms with Gasteiger partial charge in [-0.2, -0.15) is 0 Å². The molecular formula is C55H58N8O8S2. The van der Waals surface area contributed by atoms with Crippen LogP contribution in [-0.4, -0.2) is 140 Å². The van der Waals surface area contributed by atoms with Crippen LogP contribution in [0.1, 0.15) is 43.5 Å². The van der Waals surface area contributed by atoms with Crippen LogP contribution in [0.2, 0.25) is 0 Å². The highest BCUT2D eigenvalue weighted by atomic mass is 32.1. The Hall–Kier alpha value is -7.70. The van der Waals surface area contributed by atoms with Crippen LogP contribution in [-0.2, 0) is 29.1 Å². The highest BCUT2D eigenvalue weighted by molar-refractivity contribution is 7.12. The monoisotopic (exact) mass is 1020 g/mol. The second-order valence-corrected chi connectivity index (χ2v) is 21.4. The molecule has 73 heavy (non-hydrogen) atoms. The Labute approximate surface area is 432 Å². The normalized spacial score (nSPS) is 16.7. The smallest absolute Gasteiger partial charge is 0.329 e. The maximum Gasteiger partial charge on any atom is 0.329 e. The summed E-state index contributed by atoms with van der Waals surface area (Å²) < 4.78 is 0. The van der Waals surface area contributed by atoms with Gasteiger partial charge in [0.05, 0.1) is 48.9 Å². The summed E-state index contributed by atoms with van der Waals surface area (Å²) in [6, 6.07) is 37.0. The number of para-hydroxylation sites is 3. The fourth-order valence-electron chi connectivity index (χ4n) is 9.55. The van der Waals surface area contributed by atoms with E-state index in [1.165, 1.54) is 24.5 Å². The van der Waals surface area contributed by atoms with Gasteiger partial charge >= 0.3 is 36.1 Å². The van der Waals surface area contributed by atoms with Crippen molar-refractivity contribution < 1.29 is 39.0 Å². The molecule has 2 N–H and O–H groups in total. The van der Waals surface area contributed by atoms with Crippen LogP contribution in [0.25, 0.3) is 0 Å². The molecule has 0 spiro atoms. The van der Waals surface area contributed by atoms with E-state index >= 15 is 0 Å². The number of urea groups is 4. The van der Waals surface area contributed by atoms with Gasteiger partial charge in [0.2, 0.25) is 0 Å². The first kappa shape index (κ1) is 50.2. The molecule has 4 aromatic carbocycles. The molecule has 2 aliphatic heterocycles. The minimum absolute atomic E-state index is 0.0296. The molecule has 9 rings (SSSR count). The average molecular weight is 1020 g/mol. The van der Waals surface area contributed by atoms with E-state index in [9.17, 15) is 39.0 Å². The Bertz CT molecular complexity index is 2910. The number of piperazine rings is 2. The van der Waals surface area contributed by atoms with Crippen LogP contribution >= 0.6 is 22.7 Å². The molecule has 16 nitrogen and oxygen atoms in total. The van der Waals surface area contributed by atoms with Crippen molar-refractivity contribution in [1.82, 2.24) is 29.4 Å². The number of benzene rings is 4. The first-order chi connectivity index (χ1) is 35.2. The molecule has 2 saturated heterocycles. The molecule has 1 saturated carbocycles. The lowest BCUT2D eigenvalue weighted by Gasteiger charge is -2.42. The number of thiophene rings is 2. The van der Waals surface area contributed by atoms with Gasteiger partial charge in [0.1, 0.15) is 12.1 Å². The van der Waals surface area contributed by atoms with Gasteiger partial charge in [-0.3, -0.25) is 9.80 Å². The van der Waals surface area contributed by atoms with Crippen LogP contribution < -0.4 is 9.80 Å². The number of aryl methyl sites for hydroxylation is 2. The van der Waals surface area contributed by atoms with Crippen LogP contribution in [0.4, 0.5) is 41.9 Å². The van der Waals surface area contributed by atoms with Crippen molar-refractivity contribution >= 4 is 81.5 Å². The fraction of sp³-hybridized carbons (Fsp3) is 0.309. The Morgan fingerprint density at radius 2 is 1.03 bits per heavy atom. The first-order valence-corrected chi connectivity index (χ1v) is 26.0. The summed E-state index contributed by atoms with van der Waals surface area (Å²) in [5.41, 5.74) is 4.34. The van der Waals surface area contributed by atoms with E-state index < -0.39 is 36.1 Å². The van der Waals surface area contributed by atoms with Gasteiger partial charge in [-0.05, 0) is 111 Å². The molecule has 8 amide bonds. The maximum atomic E-state index is 14.7. The standard InChI is InChI=1S/C55H58N8O8S2/c1-37-19-26-46(72-37)34-61(41-24-25-41)53(69)58-28-30-60(49(36-58)51(66)67)55(71)63(44-17-11-6-12-18-44)45-22-20-39(21-23-45)31-40-32-47(73-38(40)2)33-56(3)52(68)57-27-29-59(48(35-57)50(64)65)54(70)62(42-13-7-4-8-14-42)43-15-9-5-10-16-43/h4-23,26,32,41,48-49H,24-25,27-31,33-36H2,1-3H3,(H,64,65)(H,66,67)/t48-,49-/m0/s1. The van der Waals surface area contributed by atoms with E-state index in [1.807, 2.05) is 110 Å². The first-order valence-electron chi connectivity index (χ1n) is 24.3. The van der Waals surface area contributed by atoms with Gasteiger partial charge in [0, 0.05) is 58.8 Å². The van der Waals surface area contributed by atoms with Crippen LogP contribution in [0.5, 0.6) is 0 Å². The predicted octanol–water partition coefficient (Wildman–Crippen LogP) is 9.71. The molecule has 0 unspecified atom stereocenters. The fourth-order valence-corrected chi connectivity index (χ4v) is 11.6. The quantitative estimate of drug-likeness (QED) is 0.115. The van der Waals surface area contributed by atoms with E-state index in [4.69, 9.17) is 0 Å². The highest BCUT2D eigenvalue weighted by Gasteiger charge is 2.43. The second kappa shape index (κ2) is 22.0. The Morgan fingerprint density at radius 1 is 0.548 bits per heavy atom. The van der Waals surface area contributed by atoms with E-state index in [0.717, 1.165) is 43.5 Å². The molecule has 1 aliphatic carbocycles. The molecule has 378 valence electrons. The molecule has 0 bridgehead atoms. The topological polar surface area (TPSA) is 169 Å². The summed E-state index contributed by atoms with van der Waals surface area (Å²) in [7, 11) is 1.68. The number of aliphatic carboxylic acids is 2. The van der Waals surface area contributed by atoms with Gasteiger partial charge in [0.25, 0.3) is 0 Å². The summed E-state index contributed by atoms with van der Waals surface area (Å²) in [5, 5.41) is 20.9. The largest absolute Gasteiger partial charge is 0.480 e. The molecule has 18 heteroatoms. The lowest BCUT2D eigenvalue weighted by Crippen LogP contribution is -2.62. The van der Waals surface area contributed by atoms with E-state index in [-0.39, 0.29) is 63.9 Å². The van der Waals surface area contributed by atoms with E-state index in [1.54, 1.807) is 75.9 Å². The Morgan fingerprint density at radius 3 is 1.48 bits per heavy atom. The van der Waals surface area contributed by atoms with Gasteiger partial charge < -0.3 is 39.6 Å². The number of carboxylic acids is 2. The number of nitrogens with zero attached hydrogens (tertiary/aromatic N) is 8. The Kier molecular flexibility index (Phi) is 15.1. The van der Waals surface area contributed by atoms with Gasteiger partial charge in [0.15, 0.2) is 0 Å². The minimum Gasteiger partial charge on any atom is -0.480 e. The zero-order valence-corrected chi connectivity index (χ0v) is 42.6. The van der Waals surface area contributed by atoms with Crippen molar-refractivity contribution in [3.8, 4) is 0 Å². The third kappa shape index (κ3) is 11.3. The molecular weight excluding hydrogens is 965 g/mol. The van der Waals surface area contributed by atoms with Crippen LogP contribution in [0.3, 0.4) is 0 Å². The third-order valence-electron chi connectivity index (χ3n) is 13.5. The summed E-state index contributed by atoms with van der Waals surface area (Å²) >= 11 is 3.22. The highest BCUT2D eigenvalue weighted by Crippen LogP contribution is 2.34. The van der Waals surface area contributed by atoms with E-state index in [2.05, 4.69) is 6.07 Å². The molecule has 3 fully saturated rings. The molecule has 3 aliphatic rings. The number of hydrogen-bond acceptors (Lipinski definition) is 8. The molecule has 4 heterocycles. The second-order valence-electron chi connectivity index (χ2n) is 18.7. The lowest BCUT2D eigenvalue weighted by molar-refractivity contribution is -0.144. The zero-order valence-electron chi connectivity index (χ0n) is 41.0. The number of amides is 8. The Balaban J connectivity index is 0.842. The van der Waals surface area contributed by atoms with Crippen molar-refractivity contribution in [2.24, 2.45) is 0 Å². The van der Waals surface area contributed by atoms with Crippen LogP contribution in [0, 0.1) is 13.8 Å². The van der Waals surface area contributed by atoms with E-state index in [0.29, 0.717) is 35.7 Å². The molecule has 2 aromatic heterocycles. The number of rotatable bonds is 13. The lowest BCUT2D eigenvalue weighted by atomic mass is 10.0. The third-order valence-corrected chi connectivity index (χ3v) is 15.6. The summed E-state index contributed by atoms with van der Waals surface area (Å²) in [5.74, 6) is -2.39. The zero-order chi connectivity index (χ0) is 51.3. The minimum atomic E-state index is -1.27. The molecule has 6 aromatic rings. The van der Waals surface area contributed by atoms with Gasteiger partial charge in [-0.25, -0.2) is 28.8 Å². The van der Waals surface area contributed by atoms with Crippen molar-refractivity contribution in [2.45, 2.75) is 64.3 Å².